The SMILES string of the molecule is CCS(=O)(=O)N1CCN(C(=O)Cc2cc(Cl)c(OC)cc2C)CC1. The molecule has 1 heterocycles. The number of halogens is 1. The molecule has 0 atom stereocenters. The molecule has 8 heteroatoms. The lowest BCUT2D eigenvalue weighted by Crippen LogP contribution is -2.51. The maximum absolute atomic E-state index is 12.5. The Morgan fingerprint density at radius 2 is 1.88 bits per heavy atom. The van der Waals surface area contributed by atoms with Crippen LogP contribution in [0.4, 0.5) is 0 Å². The fourth-order valence-corrected chi connectivity index (χ4v) is 4.06. The van der Waals surface area contributed by atoms with Gasteiger partial charge in [-0.05, 0) is 37.1 Å². The van der Waals surface area contributed by atoms with Crippen molar-refractivity contribution in [3.8, 4) is 5.75 Å². The molecule has 0 aliphatic carbocycles. The molecule has 1 aliphatic rings. The molecule has 0 radical (unpaired) electrons. The molecule has 1 amide bonds. The zero-order chi connectivity index (χ0) is 17.9. The van der Waals surface area contributed by atoms with E-state index in [0.29, 0.717) is 37.0 Å². The van der Waals surface area contributed by atoms with Gasteiger partial charge in [0.25, 0.3) is 0 Å². The largest absolute Gasteiger partial charge is 0.495 e. The molecular formula is C16H23ClN2O4S. The summed E-state index contributed by atoms with van der Waals surface area (Å²) in [5, 5.41) is 0.477. The second-order valence-electron chi connectivity index (χ2n) is 5.77. The van der Waals surface area contributed by atoms with Crippen LogP contribution in [0.3, 0.4) is 0 Å². The fraction of sp³-hybridized carbons (Fsp3) is 0.562. The minimum Gasteiger partial charge on any atom is -0.495 e. The van der Waals surface area contributed by atoms with Gasteiger partial charge in [0.2, 0.25) is 15.9 Å². The maximum Gasteiger partial charge on any atom is 0.227 e. The van der Waals surface area contributed by atoms with Crippen molar-refractivity contribution in [2.24, 2.45) is 0 Å². The Labute approximate surface area is 148 Å². The van der Waals surface area contributed by atoms with Gasteiger partial charge >= 0.3 is 0 Å². The topological polar surface area (TPSA) is 66.9 Å². The van der Waals surface area contributed by atoms with Crippen molar-refractivity contribution < 1.29 is 17.9 Å². The molecule has 0 N–H and O–H groups in total. The Hall–Kier alpha value is -1.31. The van der Waals surface area contributed by atoms with E-state index in [1.807, 2.05) is 13.0 Å². The summed E-state index contributed by atoms with van der Waals surface area (Å²) in [5.41, 5.74) is 1.80. The average molecular weight is 375 g/mol. The van der Waals surface area contributed by atoms with Crippen molar-refractivity contribution in [2.75, 3.05) is 39.0 Å². The number of ether oxygens (including phenoxy) is 1. The van der Waals surface area contributed by atoms with Crippen LogP contribution in [0.15, 0.2) is 12.1 Å². The summed E-state index contributed by atoms with van der Waals surface area (Å²) in [6.07, 6.45) is 0.246. The van der Waals surface area contributed by atoms with E-state index in [-0.39, 0.29) is 18.1 Å². The lowest BCUT2D eigenvalue weighted by molar-refractivity contribution is -0.131. The van der Waals surface area contributed by atoms with Gasteiger partial charge < -0.3 is 9.64 Å². The molecule has 2 rings (SSSR count). The highest BCUT2D eigenvalue weighted by atomic mass is 35.5. The zero-order valence-electron chi connectivity index (χ0n) is 14.2. The summed E-state index contributed by atoms with van der Waals surface area (Å²) in [5.74, 6) is 0.654. The number of nitrogens with zero attached hydrogens (tertiary/aromatic N) is 2. The first kappa shape index (κ1) is 19.0. The van der Waals surface area contributed by atoms with Crippen molar-refractivity contribution in [3.63, 3.8) is 0 Å². The molecule has 1 aromatic rings. The summed E-state index contributed by atoms with van der Waals surface area (Å²) in [6, 6.07) is 3.57. The molecule has 24 heavy (non-hydrogen) atoms. The summed E-state index contributed by atoms with van der Waals surface area (Å²) >= 11 is 6.13. The highest BCUT2D eigenvalue weighted by Crippen LogP contribution is 2.28. The number of carbonyl (C=O) groups excluding carboxylic acids is 1. The Balaban J connectivity index is 2.01. The van der Waals surface area contributed by atoms with Crippen LogP contribution in [0.25, 0.3) is 0 Å². The van der Waals surface area contributed by atoms with E-state index in [1.54, 1.807) is 25.0 Å². The molecular weight excluding hydrogens is 352 g/mol. The number of hydrogen-bond donors (Lipinski definition) is 0. The Bertz CT molecular complexity index is 713. The quantitative estimate of drug-likeness (QED) is 0.786. The third-order valence-corrected chi connectivity index (χ3v) is 6.48. The first-order chi connectivity index (χ1) is 11.3. The average Bonchev–Trinajstić information content (AvgIpc) is 2.57. The molecule has 134 valence electrons. The first-order valence-corrected chi connectivity index (χ1v) is 9.85. The molecule has 0 bridgehead atoms. The number of carbonyl (C=O) groups is 1. The van der Waals surface area contributed by atoms with E-state index < -0.39 is 10.0 Å². The van der Waals surface area contributed by atoms with Crippen molar-refractivity contribution in [2.45, 2.75) is 20.3 Å². The molecule has 0 saturated carbocycles. The smallest absolute Gasteiger partial charge is 0.227 e. The van der Waals surface area contributed by atoms with Crippen molar-refractivity contribution in [1.29, 1.82) is 0 Å². The van der Waals surface area contributed by atoms with Crippen molar-refractivity contribution in [1.82, 2.24) is 9.21 Å². The van der Waals surface area contributed by atoms with Gasteiger partial charge in [0.1, 0.15) is 5.75 Å². The van der Waals surface area contributed by atoms with Gasteiger partial charge in [-0.3, -0.25) is 4.79 Å². The minimum absolute atomic E-state index is 0.0205. The van der Waals surface area contributed by atoms with Crippen LogP contribution >= 0.6 is 11.6 Å². The van der Waals surface area contributed by atoms with Crippen LogP contribution in [0.5, 0.6) is 5.75 Å². The zero-order valence-corrected chi connectivity index (χ0v) is 15.8. The number of benzene rings is 1. The van der Waals surface area contributed by atoms with E-state index in [2.05, 4.69) is 0 Å². The molecule has 0 unspecified atom stereocenters. The molecule has 0 spiro atoms. The number of aryl methyl sites for hydroxylation is 1. The number of amides is 1. The lowest BCUT2D eigenvalue weighted by Gasteiger charge is -2.34. The van der Waals surface area contributed by atoms with Gasteiger partial charge in [0.05, 0.1) is 24.3 Å². The standard InChI is InChI=1S/C16H23ClN2O4S/c1-4-24(21,22)19-7-5-18(6-8-19)16(20)11-13-10-14(17)15(23-3)9-12(13)2/h9-10H,4-8,11H2,1-3H3. The van der Waals surface area contributed by atoms with E-state index in [0.717, 1.165) is 11.1 Å². The molecule has 1 aromatic carbocycles. The number of rotatable bonds is 5. The van der Waals surface area contributed by atoms with E-state index in [9.17, 15) is 13.2 Å². The Morgan fingerprint density at radius 3 is 2.42 bits per heavy atom. The summed E-state index contributed by atoms with van der Waals surface area (Å²) in [6.45, 7) is 5.08. The van der Waals surface area contributed by atoms with Crippen LogP contribution in [-0.2, 0) is 21.2 Å². The Morgan fingerprint density at radius 1 is 1.25 bits per heavy atom. The molecule has 1 aliphatic heterocycles. The predicted octanol–water partition coefficient (Wildman–Crippen LogP) is 1.69. The maximum atomic E-state index is 12.5. The Kier molecular flexibility index (Phi) is 6.11. The first-order valence-electron chi connectivity index (χ1n) is 7.87. The highest BCUT2D eigenvalue weighted by molar-refractivity contribution is 7.89. The van der Waals surface area contributed by atoms with Crippen LogP contribution in [-0.4, -0.2) is 62.6 Å². The number of methoxy groups -OCH3 is 1. The highest BCUT2D eigenvalue weighted by Gasteiger charge is 2.27. The van der Waals surface area contributed by atoms with Gasteiger partial charge in [0.15, 0.2) is 0 Å². The van der Waals surface area contributed by atoms with Gasteiger partial charge in [0, 0.05) is 26.2 Å². The molecule has 0 aromatic heterocycles. The van der Waals surface area contributed by atoms with Gasteiger partial charge in [-0.15, -0.1) is 0 Å². The fourth-order valence-electron chi connectivity index (χ4n) is 2.72. The van der Waals surface area contributed by atoms with Gasteiger partial charge in [-0.2, -0.15) is 4.31 Å². The van der Waals surface area contributed by atoms with Gasteiger partial charge in [-0.25, -0.2) is 8.42 Å². The summed E-state index contributed by atoms with van der Waals surface area (Å²) < 4.78 is 30.3. The van der Waals surface area contributed by atoms with Crippen LogP contribution in [0, 0.1) is 6.92 Å². The monoisotopic (exact) mass is 374 g/mol. The molecule has 1 fully saturated rings. The van der Waals surface area contributed by atoms with Crippen LogP contribution in [0.1, 0.15) is 18.1 Å². The van der Waals surface area contributed by atoms with E-state index >= 15 is 0 Å². The van der Waals surface area contributed by atoms with Crippen LogP contribution in [0.2, 0.25) is 5.02 Å². The van der Waals surface area contributed by atoms with Crippen LogP contribution < -0.4 is 4.74 Å². The van der Waals surface area contributed by atoms with Gasteiger partial charge in [-0.1, -0.05) is 11.6 Å². The number of hydrogen-bond acceptors (Lipinski definition) is 4. The third-order valence-electron chi connectivity index (χ3n) is 4.30. The van der Waals surface area contributed by atoms with E-state index in [4.69, 9.17) is 16.3 Å². The minimum atomic E-state index is -3.19. The van der Waals surface area contributed by atoms with Crippen molar-refractivity contribution >= 4 is 27.5 Å². The predicted molar refractivity (Wildman–Crippen MR) is 94.1 cm³/mol. The molecule has 1 saturated heterocycles. The second-order valence-corrected chi connectivity index (χ2v) is 8.44. The van der Waals surface area contributed by atoms with Crippen molar-refractivity contribution in [3.05, 3.63) is 28.3 Å². The lowest BCUT2D eigenvalue weighted by atomic mass is 10.0. The summed E-state index contributed by atoms with van der Waals surface area (Å²) in [4.78, 5) is 14.2. The summed E-state index contributed by atoms with van der Waals surface area (Å²) in [7, 11) is -1.63. The van der Waals surface area contributed by atoms with E-state index in [1.165, 1.54) is 4.31 Å². The number of sulfonamides is 1. The normalized spacial score (nSPS) is 16.2. The third kappa shape index (κ3) is 4.20. The molecule has 6 nitrogen and oxygen atoms in total. The second kappa shape index (κ2) is 7.72. The number of piperazine rings is 1.